The zero-order chi connectivity index (χ0) is 12.1. The Labute approximate surface area is 99.3 Å². The van der Waals surface area contributed by atoms with Crippen molar-refractivity contribution in [2.45, 2.75) is 6.92 Å². The maximum atomic E-state index is 10.4. The Bertz CT molecular complexity index is 512. The van der Waals surface area contributed by atoms with Gasteiger partial charge in [-0.05, 0) is 42.8 Å². The Kier molecular flexibility index (Phi) is 3.35. The summed E-state index contributed by atoms with van der Waals surface area (Å²) in [5, 5.41) is 2.62. The van der Waals surface area contributed by atoms with Crippen LogP contribution in [0.4, 0.5) is 5.69 Å². The van der Waals surface area contributed by atoms with E-state index >= 15 is 0 Å². The molecule has 0 bridgehead atoms. The molecule has 0 atom stereocenters. The molecule has 0 unspecified atom stereocenters. The second kappa shape index (κ2) is 5.12. The molecule has 2 aromatic rings. The summed E-state index contributed by atoms with van der Waals surface area (Å²) >= 11 is 0. The van der Waals surface area contributed by atoms with Crippen molar-refractivity contribution < 1.29 is 9.53 Å². The van der Waals surface area contributed by atoms with E-state index in [1.54, 1.807) is 24.5 Å². The van der Waals surface area contributed by atoms with Crippen LogP contribution in [0.3, 0.4) is 0 Å². The molecule has 0 aliphatic carbocycles. The van der Waals surface area contributed by atoms with Gasteiger partial charge in [0.15, 0.2) is 0 Å². The van der Waals surface area contributed by atoms with E-state index in [2.05, 4.69) is 10.3 Å². The number of hydrogen-bond acceptors (Lipinski definition) is 3. The first-order valence-corrected chi connectivity index (χ1v) is 5.18. The third kappa shape index (κ3) is 2.81. The van der Waals surface area contributed by atoms with Gasteiger partial charge < -0.3 is 10.1 Å². The number of benzene rings is 1. The van der Waals surface area contributed by atoms with Gasteiger partial charge in [0.05, 0.1) is 6.20 Å². The van der Waals surface area contributed by atoms with E-state index < -0.39 is 0 Å². The van der Waals surface area contributed by atoms with Crippen LogP contribution < -0.4 is 10.1 Å². The lowest BCUT2D eigenvalue weighted by atomic mass is 10.2. The maximum Gasteiger partial charge on any atom is 0.211 e. The van der Waals surface area contributed by atoms with Crippen LogP contribution in [0.5, 0.6) is 11.5 Å². The highest BCUT2D eigenvalue weighted by molar-refractivity contribution is 5.73. The summed E-state index contributed by atoms with van der Waals surface area (Å²) in [6.07, 6.45) is 3.99. The maximum absolute atomic E-state index is 10.4. The zero-order valence-electron chi connectivity index (χ0n) is 9.38. The Morgan fingerprint density at radius 3 is 2.82 bits per heavy atom. The Morgan fingerprint density at radius 1 is 1.29 bits per heavy atom. The van der Waals surface area contributed by atoms with E-state index in [1.807, 2.05) is 25.1 Å². The molecule has 2 rings (SSSR count). The van der Waals surface area contributed by atoms with Gasteiger partial charge >= 0.3 is 0 Å². The van der Waals surface area contributed by atoms with Crippen molar-refractivity contribution in [3.05, 3.63) is 48.3 Å². The molecule has 0 aliphatic rings. The molecular weight excluding hydrogens is 216 g/mol. The smallest absolute Gasteiger partial charge is 0.211 e. The minimum Gasteiger partial charge on any atom is -0.456 e. The van der Waals surface area contributed by atoms with Gasteiger partial charge in [-0.15, -0.1) is 0 Å². The summed E-state index contributed by atoms with van der Waals surface area (Å²) in [6, 6.07) is 9.10. The number of hydrogen-bond donors (Lipinski definition) is 1. The second-order valence-electron chi connectivity index (χ2n) is 3.53. The molecule has 4 heteroatoms. The summed E-state index contributed by atoms with van der Waals surface area (Å²) in [5.74, 6) is 1.40. The summed E-state index contributed by atoms with van der Waals surface area (Å²) in [6.45, 7) is 1.90. The molecule has 1 heterocycles. The molecule has 1 N–H and O–H groups in total. The molecule has 0 aliphatic heterocycles. The molecule has 0 fully saturated rings. The number of nitrogens with one attached hydrogen (secondary N) is 1. The zero-order valence-corrected chi connectivity index (χ0v) is 9.38. The third-order valence-electron chi connectivity index (χ3n) is 2.28. The summed E-state index contributed by atoms with van der Waals surface area (Å²) in [4.78, 5) is 14.3. The minimum absolute atomic E-state index is 0.657. The van der Waals surface area contributed by atoms with E-state index in [0.717, 1.165) is 11.3 Å². The topological polar surface area (TPSA) is 51.2 Å². The fraction of sp³-hybridized carbons (Fsp3) is 0.0769. The molecule has 1 aromatic carbocycles. The molecule has 17 heavy (non-hydrogen) atoms. The van der Waals surface area contributed by atoms with Gasteiger partial charge in [0.2, 0.25) is 6.41 Å². The molecule has 86 valence electrons. The highest BCUT2D eigenvalue weighted by Crippen LogP contribution is 2.25. The number of ether oxygens (including phenoxy) is 1. The summed E-state index contributed by atoms with van der Waals surface area (Å²) < 4.78 is 5.61. The van der Waals surface area contributed by atoms with Gasteiger partial charge in [0, 0.05) is 11.9 Å². The molecular formula is C13H12N2O2. The van der Waals surface area contributed by atoms with E-state index in [9.17, 15) is 4.79 Å². The number of aryl methyl sites for hydroxylation is 1. The predicted molar refractivity (Wildman–Crippen MR) is 65.2 cm³/mol. The molecule has 0 spiro atoms. The summed E-state index contributed by atoms with van der Waals surface area (Å²) in [7, 11) is 0. The van der Waals surface area contributed by atoms with Crippen LogP contribution in [0, 0.1) is 6.92 Å². The lowest BCUT2D eigenvalue weighted by Crippen LogP contribution is -1.96. The monoisotopic (exact) mass is 228 g/mol. The number of pyridine rings is 1. The number of nitrogens with zero attached hydrogens (tertiary/aromatic N) is 1. The van der Waals surface area contributed by atoms with Crippen molar-refractivity contribution >= 4 is 12.1 Å². The van der Waals surface area contributed by atoms with Crippen molar-refractivity contribution in [3.63, 3.8) is 0 Å². The van der Waals surface area contributed by atoms with E-state index in [4.69, 9.17) is 4.74 Å². The molecule has 4 nitrogen and oxygen atoms in total. The minimum atomic E-state index is 0.657. The Hall–Kier alpha value is -2.36. The SMILES string of the molecule is Cc1cc(Oc2cccnc2)ccc1NC=O. The van der Waals surface area contributed by atoms with Gasteiger partial charge in [-0.3, -0.25) is 9.78 Å². The van der Waals surface area contributed by atoms with Crippen LogP contribution in [-0.4, -0.2) is 11.4 Å². The van der Waals surface area contributed by atoms with E-state index in [1.165, 1.54) is 0 Å². The van der Waals surface area contributed by atoms with Crippen LogP contribution >= 0.6 is 0 Å². The van der Waals surface area contributed by atoms with E-state index in [-0.39, 0.29) is 0 Å². The molecule has 0 saturated heterocycles. The second-order valence-corrected chi connectivity index (χ2v) is 3.53. The number of carbonyl (C=O) groups is 1. The van der Waals surface area contributed by atoms with Crippen molar-refractivity contribution in [1.82, 2.24) is 4.98 Å². The number of carbonyl (C=O) groups excluding carboxylic acids is 1. The third-order valence-corrected chi connectivity index (χ3v) is 2.28. The first-order chi connectivity index (χ1) is 8.29. The van der Waals surface area contributed by atoms with Crippen LogP contribution in [0.1, 0.15) is 5.56 Å². The lowest BCUT2D eigenvalue weighted by Gasteiger charge is -2.08. The van der Waals surface area contributed by atoms with Crippen LogP contribution in [0.25, 0.3) is 0 Å². The Morgan fingerprint density at radius 2 is 2.18 bits per heavy atom. The van der Waals surface area contributed by atoms with Gasteiger partial charge in [0.25, 0.3) is 0 Å². The molecule has 0 saturated carbocycles. The highest BCUT2D eigenvalue weighted by atomic mass is 16.5. The number of anilines is 1. The molecule has 1 amide bonds. The van der Waals surface area contributed by atoms with Gasteiger partial charge in [-0.25, -0.2) is 0 Å². The molecule has 1 aromatic heterocycles. The number of aromatic nitrogens is 1. The fourth-order valence-electron chi connectivity index (χ4n) is 1.47. The molecule has 0 radical (unpaired) electrons. The van der Waals surface area contributed by atoms with Crippen molar-refractivity contribution in [3.8, 4) is 11.5 Å². The van der Waals surface area contributed by atoms with Gasteiger partial charge in [-0.2, -0.15) is 0 Å². The lowest BCUT2D eigenvalue weighted by molar-refractivity contribution is -0.105. The first-order valence-electron chi connectivity index (χ1n) is 5.18. The van der Waals surface area contributed by atoms with Crippen molar-refractivity contribution in [2.24, 2.45) is 0 Å². The number of amides is 1. The first kappa shape index (κ1) is 11.1. The van der Waals surface area contributed by atoms with Crippen LogP contribution in [-0.2, 0) is 4.79 Å². The average Bonchev–Trinajstić information content (AvgIpc) is 2.34. The van der Waals surface area contributed by atoms with Crippen LogP contribution in [0.15, 0.2) is 42.7 Å². The van der Waals surface area contributed by atoms with Gasteiger partial charge in [-0.1, -0.05) is 0 Å². The van der Waals surface area contributed by atoms with Crippen LogP contribution in [0.2, 0.25) is 0 Å². The van der Waals surface area contributed by atoms with Gasteiger partial charge in [0.1, 0.15) is 11.5 Å². The number of rotatable bonds is 4. The summed E-state index contributed by atoms with van der Waals surface area (Å²) in [5.41, 5.74) is 1.72. The van der Waals surface area contributed by atoms with Crippen molar-refractivity contribution in [2.75, 3.05) is 5.32 Å². The standard InChI is InChI=1S/C13H12N2O2/c1-10-7-11(4-5-13(10)15-9-16)17-12-3-2-6-14-8-12/h2-9H,1H3,(H,15,16). The fourth-order valence-corrected chi connectivity index (χ4v) is 1.47. The largest absolute Gasteiger partial charge is 0.456 e. The average molecular weight is 228 g/mol. The quantitative estimate of drug-likeness (QED) is 0.818. The normalized spacial score (nSPS) is 9.71. The van der Waals surface area contributed by atoms with Crippen molar-refractivity contribution in [1.29, 1.82) is 0 Å². The Balaban J connectivity index is 2.18. The predicted octanol–water partition coefficient (Wildman–Crippen LogP) is 2.75. The van der Waals surface area contributed by atoms with E-state index in [0.29, 0.717) is 17.9 Å². The highest BCUT2D eigenvalue weighted by Gasteiger charge is 2.01.